The van der Waals surface area contributed by atoms with Gasteiger partial charge in [-0.15, -0.1) is 0 Å². The van der Waals surface area contributed by atoms with Gasteiger partial charge in [0.15, 0.2) is 5.82 Å². The fourth-order valence-electron chi connectivity index (χ4n) is 2.56. The lowest BCUT2D eigenvalue weighted by molar-refractivity contribution is 0.0988. The van der Waals surface area contributed by atoms with Gasteiger partial charge in [-0.3, -0.25) is 4.79 Å². The number of rotatable bonds is 6. The molecule has 0 bridgehead atoms. The normalized spacial score (nSPS) is 10.4. The molecule has 0 aliphatic carbocycles. The van der Waals surface area contributed by atoms with Crippen LogP contribution in [0.25, 0.3) is 11.4 Å². The number of amides is 1. The van der Waals surface area contributed by atoms with Crippen molar-refractivity contribution in [2.75, 3.05) is 23.8 Å². The first-order chi connectivity index (χ1) is 12.7. The maximum Gasteiger partial charge on any atom is 0.276 e. The van der Waals surface area contributed by atoms with Crippen molar-refractivity contribution in [3.63, 3.8) is 0 Å². The first-order valence-electron chi connectivity index (χ1n) is 8.70. The second-order valence-corrected chi connectivity index (χ2v) is 5.95. The second kappa shape index (κ2) is 8.25. The van der Waals surface area contributed by atoms with E-state index in [2.05, 4.69) is 22.2 Å². The van der Waals surface area contributed by atoms with E-state index in [4.69, 9.17) is 0 Å². The van der Waals surface area contributed by atoms with Gasteiger partial charge in [0.25, 0.3) is 5.91 Å². The minimum Gasteiger partial charge on any atom is -0.370 e. The maximum absolute atomic E-state index is 13.0. The largest absolute Gasteiger partial charge is 0.370 e. The molecule has 132 valence electrons. The van der Waals surface area contributed by atoms with Gasteiger partial charge in [-0.1, -0.05) is 55.5 Å². The number of aromatic nitrogens is 2. The Labute approximate surface area is 153 Å². The number of benzene rings is 2. The molecule has 1 amide bonds. The molecular weight excluding hydrogens is 324 g/mol. The first kappa shape index (κ1) is 17.6. The van der Waals surface area contributed by atoms with Crippen LogP contribution in [0.1, 0.15) is 23.8 Å². The molecule has 0 aliphatic rings. The molecule has 0 saturated heterocycles. The molecule has 2 aromatic carbocycles. The number of hydrogen-bond donors (Lipinski definition) is 1. The molecule has 0 atom stereocenters. The van der Waals surface area contributed by atoms with E-state index in [0.717, 1.165) is 24.2 Å². The van der Waals surface area contributed by atoms with E-state index >= 15 is 0 Å². The zero-order chi connectivity index (χ0) is 18.4. The summed E-state index contributed by atoms with van der Waals surface area (Å²) in [5.74, 6) is 1.03. The summed E-state index contributed by atoms with van der Waals surface area (Å²) < 4.78 is 0. The van der Waals surface area contributed by atoms with Crippen LogP contribution in [0.15, 0.2) is 66.7 Å². The lowest BCUT2D eigenvalue weighted by atomic mass is 10.2. The van der Waals surface area contributed by atoms with Crippen LogP contribution in [0.2, 0.25) is 0 Å². The summed E-state index contributed by atoms with van der Waals surface area (Å²) in [6, 6.07) is 20.9. The quantitative estimate of drug-likeness (QED) is 0.725. The van der Waals surface area contributed by atoms with Crippen LogP contribution in [-0.4, -0.2) is 29.5 Å². The van der Waals surface area contributed by atoms with E-state index in [1.54, 1.807) is 18.0 Å². The SMILES string of the molecule is CCCNc1cc(C(=O)N(C)c2ccccc2)nc(-c2ccccc2)n1. The topological polar surface area (TPSA) is 58.1 Å². The number of anilines is 2. The van der Waals surface area contributed by atoms with Crippen molar-refractivity contribution in [1.29, 1.82) is 0 Å². The van der Waals surface area contributed by atoms with Crippen LogP contribution >= 0.6 is 0 Å². The molecule has 26 heavy (non-hydrogen) atoms. The number of nitrogens with zero attached hydrogens (tertiary/aromatic N) is 3. The average molecular weight is 346 g/mol. The fourth-order valence-corrected chi connectivity index (χ4v) is 2.56. The Morgan fingerprint density at radius 1 is 1.00 bits per heavy atom. The highest BCUT2D eigenvalue weighted by molar-refractivity contribution is 6.05. The molecular formula is C21H22N4O. The van der Waals surface area contributed by atoms with E-state index in [0.29, 0.717) is 17.3 Å². The molecule has 1 aromatic heterocycles. The molecule has 0 unspecified atom stereocenters. The predicted octanol–water partition coefficient (Wildman–Crippen LogP) is 4.24. The molecule has 0 radical (unpaired) electrons. The van der Waals surface area contributed by atoms with E-state index in [1.807, 2.05) is 60.7 Å². The minimum atomic E-state index is -0.171. The Morgan fingerprint density at radius 2 is 1.65 bits per heavy atom. The summed E-state index contributed by atoms with van der Waals surface area (Å²) in [5.41, 5.74) is 2.06. The molecule has 0 fully saturated rings. The van der Waals surface area contributed by atoms with Crippen LogP contribution in [0, 0.1) is 0 Å². The maximum atomic E-state index is 13.0. The van der Waals surface area contributed by atoms with Gasteiger partial charge < -0.3 is 10.2 Å². The highest BCUT2D eigenvalue weighted by Gasteiger charge is 2.18. The predicted molar refractivity (Wildman–Crippen MR) is 105 cm³/mol. The number of carbonyl (C=O) groups is 1. The van der Waals surface area contributed by atoms with Crippen molar-refractivity contribution in [3.05, 3.63) is 72.4 Å². The summed E-state index contributed by atoms with van der Waals surface area (Å²) in [6.45, 7) is 2.87. The van der Waals surface area contributed by atoms with Crippen molar-refractivity contribution in [1.82, 2.24) is 9.97 Å². The van der Waals surface area contributed by atoms with Crippen molar-refractivity contribution in [2.24, 2.45) is 0 Å². The summed E-state index contributed by atoms with van der Waals surface area (Å²) in [4.78, 5) is 23.6. The van der Waals surface area contributed by atoms with Crippen LogP contribution in [0.4, 0.5) is 11.5 Å². The van der Waals surface area contributed by atoms with Gasteiger partial charge in [0.2, 0.25) is 0 Å². The zero-order valence-electron chi connectivity index (χ0n) is 15.0. The first-order valence-corrected chi connectivity index (χ1v) is 8.70. The Hall–Kier alpha value is -3.21. The number of carbonyl (C=O) groups excluding carboxylic acids is 1. The van der Waals surface area contributed by atoms with Crippen molar-refractivity contribution >= 4 is 17.4 Å². The van der Waals surface area contributed by atoms with Crippen LogP contribution in [0.3, 0.4) is 0 Å². The highest BCUT2D eigenvalue weighted by atomic mass is 16.2. The summed E-state index contributed by atoms with van der Waals surface area (Å²) in [7, 11) is 1.75. The lowest BCUT2D eigenvalue weighted by Gasteiger charge is -2.17. The van der Waals surface area contributed by atoms with E-state index in [1.165, 1.54) is 0 Å². The van der Waals surface area contributed by atoms with Gasteiger partial charge in [0, 0.05) is 30.9 Å². The Morgan fingerprint density at radius 3 is 2.31 bits per heavy atom. The lowest BCUT2D eigenvalue weighted by Crippen LogP contribution is -2.27. The standard InChI is InChI=1S/C21H22N4O/c1-3-14-22-19-15-18(21(26)25(2)17-12-8-5-9-13-17)23-20(24-19)16-10-6-4-7-11-16/h4-13,15H,3,14H2,1-2H3,(H,22,23,24). The number of nitrogens with one attached hydrogen (secondary N) is 1. The van der Waals surface area contributed by atoms with Crippen molar-refractivity contribution < 1.29 is 4.79 Å². The summed E-state index contributed by atoms with van der Waals surface area (Å²) >= 11 is 0. The van der Waals surface area contributed by atoms with Crippen LogP contribution in [-0.2, 0) is 0 Å². The minimum absolute atomic E-state index is 0.171. The third-order valence-electron chi connectivity index (χ3n) is 3.98. The third-order valence-corrected chi connectivity index (χ3v) is 3.98. The smallest absolute Gasteiger partial charge is 0.276 e. The molecule has 1 heterocycles. The van der Waals surface area contributed by atoms with Gasteiger partial charge in [-0.05, 0) is 18.6 Å². The van der Waals surface area contributed by atoms with Gasteiger partial charge in [-0.2, -0.15) is 0 Å². The monoisotopic (exact) mass is 346 g/mol. The van der Waals surface area contributed by atoms with Gasteiger partial charge in [-0.25, -0.2) is 9.97 Å². The third kappa shape index (κ3) is 4.06. The van der Waals surface area contributed by atoms with Crippen LogP contribution in [0.5, 0.6) is 0 Å². The van der Waals surface area contributed by atoms with E-state index < -0.39 is 0 Å². The summed E-state index contributed by atoms with van der Waals surface area (Å²) in [5, 5.41) is 3.26. The molecule has 0 spiro atoms. The Kier molecular flexibility index (Phi) is 5.59. The van der Waals surface area contributed by atoms with Crippen molar-refractivity contribution in [3.8, 4) is 11.4 Å². The Balaban J connectivity index is 1.98. The average Bonchev–Trinajstić information content (AvgIpc) is 2.72. The van der Waals surface area contributed by atoms with Gasteiger partial charge >= 0.3 is 0 Å². The van der Waals surface area contributed by atoms with Gasteiger partial charge in [0.1, 0.15) is 11.5 Å². The van der Waals surface area contributed by atoms with Crippen LogP contribution < -0.4 is 10.2 Å². The molecule has 1 N–H and O–H groups in total. The Bertz CT molecular complexity index is 866. The van der Waals surface area contributed by atoms with E-state index in [9.17, 15) is 4.79 Å². The van der Waals surface area contributed by atoms with Gasteiger partial charge in [0.05, 0.1) is 0 Å². The van der Waals surface area contributed by atoms with E-state index in [-0.39, 0.29) is 5.91 Å². The molecule has 5 heteroatoms. The number of para-hydroxylation sites is 1. The molecule has 3 rings (SSSR count). The fraction of sp³-hybridized carbons (Fsp3) is 0.190. The van der Waals surface area contributed by atoms with Crippen molar-refractivity contribution in [2.45, 2.75) is 13.3 Å². The molecule has 0 aliphatic heterocycles. The zero-order valence-corrected chi connectivity index (χ0v) is 15.0. The highest BCUT2D eigenvalue weighted by Crippen LogP contribution is 2.20. The molecule has 0 saturated carbocycles. The second-order valence-electron chi connectivity index (χ2n) is 5.95. The molecule has 3 aromatic rings. The molecule has 5 nitrogen and oxygen atoms in total. The number of hydrogen-bond acceptors (Lipinski definition) is 4. The summed E-state index contributed by atoms with van der Waals surface area (Å²) in [6.07, 6.45) is 0.970.